The SMILES string of the molecule is COCOc1ccc(CC=O)cc1OCOC. The molecule has 94 valence electrons. The van der Waals surface area contributed by atoms with Crippen LogP contribution in [0.15, 0.2) is 18.2 Å². The monoisotopic (exact) mass is 240 g/mol. The van der Waals surface area contributed by atoms with E-state index in [1.54, 1.807) is 18.2 Å². The van der Waals surface area contributed by atoms with Crippen molar-refractivity contribution in [2.75, 3.05) is 27.8 Å². The van der Waals surface area contributed by atoms with E-state index < -0.39 is 0 Å². The first-order valence-electron chi connectivity index (χ1n) is 5.11. The van der Waals surface area contributed by atoms with Gasteiger partial charge in [-0.25, -0.2) is 0 Å². The molecule has 0 saturated carbocycles. The van der Waals surface area contributed by atoms with Crippen LogP contribution in [0, 0.1) is 0 Å². The van der Waals surface area contributed by atoms with Gasteiger partial charge >= 0.3 is 0 Å². The first-order valence-corrected chi connectivity index (χ1v) is 5.11. The van der Waals surface area contributed by atoms with Crippen molar-refractivity contribution in [3.8, 4) is 11.5 Å². The Morgan fingerprint density at radius 3 is 2.29 bits per heavy atom. The summed E-state index contributed by atoms with van der Waals surface area (Å²) in [6, 6.07) is 5.29. The van der Waals surface area contributed by atoms with Gasteiger partial charge in [0.2, 0.25) is 0 Å². The maximum Gasteiger partial charge on any atom is 0.188 e. The van der Waals surface area contributed by atoms with E-state index in [0.29, 0.717) is 17.9 Å². The summed E-state index contributed by atoms with van der Waals surface area (Å²) >= 11 is 0. The highest BCUT2D eigenvalue weighted by Gasteiger charge is 2.06. The van der Waals surface area contributed by atoms with Crippen LogP contribution in [0.25, 0.3) is 0 Å². The number of carbonyl (C=O) groups excluding carboxylic acids is 1. The van der Waals surface area contributed by atoms with Crippen molar-refractivity contribution in [2.24, 2.45) is 0 Å². The Bertz CT molecular complexity index is 351. The van der Waals surface area contributed by atoms with E-state index >= 15 is 0 Å². The van der Waals surface area contributed by atoms with E-state index in [4.69, 9.17) is 18.9 Å². The molecule has 0 amide bonds. The molecule has 0 bridgehead atoms. The molecule has 0 aliphatic rings. The molecule has 0 aliphatic heterocycles. The Morgan fingerprint density at radius 2 is 1.71 bits per heavy atom. The van der Waals surface area contributed by atoms with Crippen molar-refractivity contribution >= 4 is 6.29 Å². The second-order valence-corrected chi connectivity index (χ2v) is 3.25. The molecule has 1 rings (SSSR count). The minimum Gasteiger partial charge on any atom is -0.464 e. The lowest BCUT2D eigenvalue weighted by molar-refractivity contribution is -0.107. The molecular weight excluding hydrogens is 224 g/mol. The summed E-state index contributed by atoms with van der Waals surface area (Å²) in [6.07, 6.45) is 1.18. The molecule has 0 atom stereocenters. The topological polar surface area (TPSA) is 54.0 Å². The average molecular weight is 240 g/mol. The molecule has 0 spiro atoms. The summed E-state index contributed by atoms with van der Waals surface area (Å²) in [5, 5.41) is 0. The standard InChI is InChI=1S/C12H16O5/c1-14-8-16-11-4-3-10(5-6-13)7-12(11)17-9-15-2/h3-4,6-7H,5,8-9H2,1-2H3. The van der Waals surface area contributed by atoms with E-state index in [-0.39, 0.29) is 13.6 Å². The number of hydrogen-bond donors (Lipinski definition) is 0. The number of rotatable bonds is 8. The second-order valence-electron chi connectivity index (χ2n) is 3.25. The molecule has 0 heterocycles. The zero-order valence-corrected chi connectivity index (χ0v) is 9.97. The van der Waals surface area contributed by atoms with E-state index in [1.165, 1.54) is 14.2 Å². The number of carbonyl (C=O) groups is 1. The number of benzene rings is 1. The van der Waals surface area contributed by atoms with Crippen LogP contribution in [0.5, 0.6) is 11.5 Å². The summed E-state index contributed by atoms with van der Waals surface area (Å²) in [5.41, 5.74) is 0.857. The van der Waals surface area contributed by atoms with Gasteiger partial charge in [0.05, 0.1) is 0 Å². The number of ether oxygens (including phenoxy) is 4. The first kappa shape index (κ1) is 13.5. The van der Waals surface area contributed by atoms with Gasteiger partial charge in [-0.2, -0.15) is 0 Å². The maximum atomic E-state index is 10.4. The highest BCUT2D eigenvalue weighted by Crippen LogP contribution is 2.28. The van der Waals surface area contributed by atoms with Crippen LogP contribution in [0.3, 0.4) is 0 Å². The van der Waals surface area contributed by atoms with Gasteiger partial charge in [0.25, 0.3) is 0 Å². The summed E-state index contributed by atoms with van der Waals surface area (Å²) in [7, 11) is 3.07. The zero-order chi connectivity index (χ0) is 12.5. The van der Waals surface area contributed by atoms with E-state index in [9.17, 15) is 4.79 Å². The van der Waals surface area contributed by atoms with Crippen molar-refractivity contribution in [1.82, 2.24) is 0 Å². The van der Waals surface area contributed by atoms with Crippen LogP contribution in [-0.2, 0) is 20.7 Å². The van der Waals surface area contributed by atoms with Crippen molar-refractivity contribution in [2.45, 2.75) is 6.42 Å². The summed E-state index contributed by atoms with van der Waals surface area (Å²) < 4.78 is 20.3. The van der Waals surface area contributed by atoms with E-state index in [0.717, 1.165) is 11.8 Å². The Morgan fingerprint density at radius 1 is 1.06 bits per heavy atom. The van der Waals surface area contributed by atoms with Gasteiger partial charge in [-0.3, -0.25) is 0 Å². The molecule has 0 N–H and O–H groups in total. The second kappa shape index (κ2) is 7.65. The molecule has 5 heteroatoms. The van der Waals surface area contributed by atoms with Crippen LogP contribution >= 0.6 is 0 Å². The van der Waals surface area contributed by atoms with Gasteiger partial charge in [-0.15, -0.1) is 0 Å². The lowest BCUT2D eigenvalue weighted by Crippen LogP contribution is -2.05. The van der Waals surface area contributed by atoms with Crippen LogP contribution in [0.4, 0.5) is 0 Å². The van der Waals surface area contributed by atoms with Gasteiger partial charge in [0, 0.05) is 20.6 Å². The molecular formula is C12H16O5. The molecule has 1 aromatic carbocycles. The Kier molecular flexibility index (Phi) is 6.06. The van der Waals surface area contributed by atoms with Crippen LogP contribution in [0.1, 0.15) is 5.56 Å². The number of aldehydes is 1. The van der Waals surface area contributed by atoms with Gasteiger partial charge in [0.1, 0.15) is 6.29 Å². The van der Waals surface area contributed by atoms with Crippen LogP contribution in [-0.4, -0.2) is 34.1 Å². The fourth-order valence-corrected chi connectivity index (χ4v) is 1.25. The normalized spacial score (nSPS) is 10.0. The minimum absolute atomic E-state index is 0.119. The lowest BCUT2D eigenvalue weighted by Gasteiger charge is -2.12. The number of methoxy groups -OCH3 is 2. The molecule has 0 unspecified atom stereocenters. The fraction of sp³-hybridized carbons (Fsp3) is 0.417. The lowest BCUT2D eigenvalue weighted by atomic mass is 10.1. The molecule has 5 nitrogen and oxygen atoms in total. The molecule has 0 aromatic heterocycles. The average Bonchev–Trinajstić information content (AvgIpc) is 2.35. The van der Waals surface area contributed by atoms with Crippen molar-refractivity contribution in [3.63, 3.8) is 0 Å². The first-order chi connectivity index (χ1) is 8.31. The molecule has 0 saturated heterocycles. The minimum atomic E-state index is 0.119. The Labute approximate surface area is 100 Å². The highest BCUT2D eigenvalue weighted by atomic mass is 16.7. The van der Waals surface area contributed by atoms with Gasteiger partial charge in [0.15, 0.2) is 25.1 Å². The third-order valence-corrected chi connectivity index (χ3v) is 1.99. The molecule has 0 aliphatic carbocycles. The van der Waals surface area contributed by atoms with Gasteiger partial charge in [-0.05, 0) is 17.7 Å². The molecule has 0 radical (unpaired) electrons. The molecule has 0 fully saturated rings. The predicted octanol–water partition coefficient (Wildman–Crippen LogP) is 1.39. The Hall–Kier alpha value is -1.59. The molecule has 1 aromatic rings. The van der Waals surface area contributed by atoms with Gasteiger partial charge in [-0.1, -0.05) is 6.07 Å². The van der Waals surface area contributed by atoms with Crippen LogP contribution < -0.4 is 9.47 Å². The largest absolute Gasteiger partial charge is 0.464 e. The smallest absolute Gasteiger partial charge is 0.188 e. The van der Waals surface area contributed by atoms with Gasteiger partial charge < -0.3 is 23.7 Å². The summed E-state index contributed by atoms with van der Waals surface area (Å²) in [6.45, 7) is 0.254. The fourth-order valence-electron chi connectivity index (χ4n) is 1.25. The quantitative estimate of drug-likeness (QED) is 0.507. The zero-order valence-electron chi connectivity index (χ0n) is 9.97. The van der Waals surface area contributed by atoms with E-state index in [1.807, 2.05) is 0 Å². The highest BCUT2D eigenvalue weighted by molar-refractivity contribution is 5.56. The van der Waals surface area contributed by atoms with Crippen molar-refractivity contribution in [3.05, 3.63) is 23.8 Å². The summed E-state index contributed by atoms with van der Waals surface area (Å²) in [4.78, 5) is 10.4. The third-order valence-electron chi connectivity index (χ3n) is 1.99. The predicted molar refractivity (Wildman–Crippen MR) is 61.2 cm³/mol. The third kappa shape index (κ3) is 4.42. The van der Waals surface area contributed by atoms with Crippen LogP contribution in [0.2, 0.25) is 0 Å². The molecule has 17 heavy (non-hydrogen) atoms. The Balaban J connectivity index is 2.81. The number of hydrogen-bond acceptors (Lipinski definition) is 5. The van der Waals surface area contributed by atoms with Crippen molar-refractivity contribution in [1.29, 1.82) is 0 Å². The van der Waals surface area contributed by atoms with Crippen molar-refractivity contribution < 1.29 is 23.7 Å². The summed E-state index contributed by atoms with van der Waals surface area (Å²) in [5.74, 6) is 1.08. The maximum absolute atomic E-state index is 10.4. The van der Waals surface area contributed by atoms with E-state index in [2.05, 4.69) is 0 Å².